The highest BCUT2D eigenvalue weighted by Gasteiger charge is 2.05. The normalized spacial score (nSPS) is 10.9. The zero-order valence-corrected chi connectivity index (χ0v) is 13.9. The van der Waals surface area contributed by atoms with Crippen LogP contribution < -0.4 is 4.74 Å². The van der Waals surface area contributed by atoms with Crippen molar-refractivity contribution in [1.82, 2.24) is 0 Å². The van der Waals surface area contributed by atoms with Gasteiger partial charge >= 0.3 is 0 Å². The van der Waals surface area contributed by atoms with Crippen LogP contribution in [-0.2, 0) is 6.61 Å². The van der Waals surface area contributed by atoms with E-state index in [9.17, 15) is 0 Å². The summed E-state index contributed by atoms with van der Waals surface area (Å²) in [6, 6.07) is 10.8. The Hall–Kier alpha value is -0.980. The number of rotatable bonds is 4. The van der Waals surface area contributed by atoms with Gasteiger partial charge in [-0.15, -0.1) is 0 Å². The van der Waals surface area contributed by atoms with Gasteiger partial charge in [0.2, 0.25) is 0 Å². The molecule has 0 aliphatic rings. The summed E-state index contributed by atoms with van der Waals surface area (Å²) in [7, 11) is 0. The van der Waals surface area contributed by atoms with Gasteiger partial charge < -0.3 is 9.94 Å². The topological polar surface area (TPSA) is 41.8 Å². The highest BCUT2D eigenvalue weighted by atomic mass is 127. The number of hydrogen-bond donors (Lipinski definition) is 1. The zero-order valence-electron chi connectivity index (χ0n) is 10.2. The fourth-order valence-electron chi connectivity index (χ4n) is 1.58. The van der Waals surface area contributed by atoms with Crippen LogP contribution in [-0.4, -0.2) is 11.4 Å². The SMILES string of the molecule is O/N=C/c1ccc(OCc2ccc(Cl)cc2Cl)c(I)c1. The summed E-state index contributed by atoms with van der Waals surface area (Å²) in [5.41, 5.74) is 1.67. The number of hydrogen-bond acceptors (Lipinski definition) is 3. The van der Waals surface area contributed by atoms with E-state index >= 15 is 0 Å². The molecule has 2 aromatic rings. The fraction of sp³-hybridized carbons (Fsp3) is 0.0714. The van der Waals surface area contributed by atoms with E-state index < -0.39 is 0 Å². The molecule has 1 N–H and O–H groups in total. The Bertz CT molecular complexity index is 647. The number of halogens is 3. The number of nitrogens with zero attached hydrogens (tertiary/aromatic N) is 1. The van der Waals surface area contributed by atoms with Crippen molar-refractivity contribution in [3.8, 4) is 5.75 Å². The van der Waals surface area contributed by atoms with Crippen LogP contribution in [0.25, 0.3) is 0 Å². The van der Waals surface area contributed by atoms with E-state index in [1.807, 2.05) is 18.2 Å². The average Bonchev–Trinajstić information content (AvgIpc) is 2.40. The van der Waals surface area contributed by atoms with Gasteiger partial charge in [0.15, 0.2) is 0 Å². The molecule has 0 fully saturated rings. The first-order chi connectivity index (χ1) is 9.60. The number of oxime groups is 1. The van der Waals surface area contributed by atoms with Crippen LogP contribution >= 0.6 is 45.8 Å². The second kappa shape index (κ2) is 7.15. The molecule has 0 heterocycles. The predicted molar refractivity (Wildman–Crippen MR) is 89.3 cm³/mol. The van der Waals surface area contributed by atoms with Gasteiger partial charge in [-0.2, -0.15) is 0 Å². The van der Waals surface area contributed by atoms with Crippen molar-refractivity contribution in [2.75, 3.05) is 0 Å². The zero-order chi connectivity index (χ0) is 14.5. The van der Waals surface area contributed by atoms with Crippen LogP contribution in [0.4, 0.5) is 0 Å². The Balaban J connectivity index is 2.11. The Kier molecular flexibility index (Phi) is 5.51. The molecule has 0 aliphatic carbocycles. The van der Waals surface area contributed by atoms with Gasteiger partial charge in [-0.3, -0.25) is 0 Å². The Morgan fingerprint density at radius 3 is 2.65 bits per heavy atom. The highest BCUT2D eigenvalue weighted by Crippen LogP contribution is 2.25. The van der Waals surface area contributed by atoms with E-state index in [1.165, 1.54) is 6.21 Å². The van der Waals surface area contributed by atoms with Gasteiger partial charge in [-0.1, -0.05) is 34.4 Å². The van der Waals surface area contributed by atoms with Crippen LogP contribution in [0.2, 0.25) is 10.0 Å². The maximum atomic E-state index is 8.50. The molecule has 0 saturated carbocycles. The summed E-state index contributed by atoms with van der Waals surface area (Å²) in [4.78, 5) is 0. The van der Waals surface area contributed by atoms with E-state index in [0.29, 0.717) is 16.7 Å². The van der Waals surface area contributed by atoms with E-state index in [-0.39, 0.29) is 0 Å². The molecular weight excluding hydrogens is 412 g/mol. The first kappa shape index (κ1) is 15.4. The molecule has 20 heavy (non-hydrogen) atoms. The molecule has 2 rings (SSSR count). The van der Waals surface area contributed by atoms with Crippen LogP contribution in [0.5, 0.6) is 5.75 Å². The lowest BCUT2D eigenvalue weighted by molar-refractivity contribution is 0.304. The summed E-state index contributed by atoms with van der Waals surface area (Å²) < 4.78 is 6.66. The maximum Gasteiger partial charge on any atom is 0.133 e. The van der Waals surface area contributed by atoms with Gasteiger partial charge in [-0.05, 0) is 58.5 Å². The molecule has 0 amide bonds. The predicted octanol–water partition coefficient (Wildman–Crippen LogP) is 4.99. The van der Waals surface area contributed by atoms with Crippen LogP contribution in [0.1, 0.15) is 11.1 Å². The third-order valence-electron chi connectivity index (χ3n) is 2.56. The van der Waals surface area contributed by atoms with Gasteiger partial charge in [0.25, 0.3) is 0 Å². The average molecular weight is 422 g/mol. The second-order valence-corrected chi connectivity index (χ2v) is 5.96. The second-order valence-electron chi connectivity index (χ2n) is 3.96. The molecule has 0 unspecified atom stereocenters. The summed E-state index contributed by atoms with van der Waals surface area (Å²) in [5, 5.41) is 12.7. The number of benzene rings is 2. The van der Waals surface area contributed by atoms with Gasteiger partial charge in [0.05, 0.1) is 9.78 Å². The molecule has 0 spiro atoms. The smallest absolute Gasteiger partial charge is 0.133 e. The first-order valence-corrected chi connectivity index (χ1v) is 7.47. The van der Waals surface area contributed by atoms with E-state index in [4.69, 9.17) is 33.1 Å². The molecule has 0 atom stereocenters. The highest BCUT2D eigenvalue weighted by molar-refractivity contribution is 14.1. The fourth-order valence-corrected chi connectivity index (χ4v) is 2.73. The van der Waals surface area contributed by atoms with Crippen molar-refractivity contribution in [1.29, 1.82) is 0 Å². The minimum Gasteiger partial charge on any atom is -0.488 e. The monoisotopic (exact) mass is 421 g/mol. The summed E-state index contributed by atoms with van der Waals surface area (Å²) in [5.74, 6) is 0.742. The summed E-state index contributed by atoms with van der Waals surface area (Å²) in [6.07, 6.45) is 1.36. The standard InChI is InChI=1S/C14H10Cl2INO2/c15-11-3-2-10(12(16)6-11)8-20-14-4-1-9(7-18-19)5-13(14)17/h1-7,19H,8H2/b18-7+. The molecule has 0 radical (unpaired) electrons. The van der Waals surface area contributed by atoms with Gasteiger partial charge in [-0.25, -0.2) is 0 Å². The first-order valence-electron chi connectivity index (χ1n) is 5.64. The molecule has 0 bridgehead atoms. The largest absolute Gasteiger partial charge is 0.488 e. The molecule has 6 heteroatoms. The Morgan fingerprint density at radius 2 is 2.00 bits per heavy atom. The van der Waals surface area contributed by atoms with Crippen molar-refractivity contribution < 1.29 is 9.94 Å². The van der Waals surface area contributed by atoms with E-state index in [2.05, 4.69) is 27.7 Å². The minimum atomic E-state index is 0.361. The van der Waals surface area contributed by atoms with Crippen molar-refractivity contribution in [2.45, 2.75) is 6.61 Å². The summed E-state index contributed by atoms with van der Waals surface area (Å²) >= 11 is 14.1. The van der Waals surface area contributed by atoms with E-state index in [1.54, 1.807) is 18.2 Å². The molecule has 0 aliphatic heterocycles. The lowest BCUT2D eigenvalue weighted by Gasteiger charge is -2.10. The quantitative estimate of drug-likeness (QED) is 0.327. The molecule has 0 saturated heterocycles. The molecule has 3 nitrogen and oxygen atoms in total. The van der Waals surface area contributed by atoms with Crippen LogP contribution in [0, 0.1) is 3.57 Å². The van der Waals surface area contributed by atoms with Gasteiger partial charge in [0.1, 0.15) is 12.4 Å². The number of ether oxygens (including phenoxy) is 1. The van der Waals surface area contributed by atoms with Crippen molar-refractivity contribution >= 4 is 52.0 Å². The van der Waals surface area contributed by atoms with Crippen molar-refractivity contribution in [2.24, 2.45) is 5.16 Å². The molecule has 2 aromatic carbocycles. The third-order valence-corrected chi connectivity index (χ3v) is 3.99. The van der Waals surface area contributed by atoms with Crippen molar-refractivity contribution in [3.05, 3.63) is 61.1 Å². The lowest BCUT2D eigenvalue weighted by atomic mass is 10.2. The van der Waals surface area contributed by atoms with Crippen LogP contribution in [0.15, 0.2) is 41.6 Å². The van der Waals surface area contributed by atoms with Crippen LogP contribution in [0.3, 0.4) is 0 Å². The third kappa shape index (κ3) is 4.01. The van der Waals surface area contributed by atoms with E-state index in [0.717, 1.165) is 20.4 Å². The Labute approximate surface area is 140 Å². The maximum absolute atomic E-state index is 8.50. The minimum absolute atomic E-state index is 0.361. The molecule has 0 aromatic heterocycles. The molecule has 104 valence electrons. The Morgan fingerprint density at radius 1 is 1.20 bits per heavy atom. The lowest BCUT2D eigenvalue weighted by Crippen LogP contribution is -1.98. The summed E-state index contributed by atoms with van der Waals surface area (Å²) in [6.45, 7) is 0.361. The molecular formula is C14H10Cl2INO2. The van der Waals surface area contributed by atoms with Gasteiger partial charge in [0, 0.05) is 15.6 Å². The van der Waals surface area contributed by atoms with Crippen molar-refractivity contribution in [3.63, 3.8) is 0 Å².